The zero-order valence-electron chi connectivity index (χ0n) is 59.5. The van der Waals surface area contributed by atoms with E-state index < -0.39 is 97.5 Å². The van der Waals surface area contributed by atoms with Gasteiger partial charge in [0.1, 0.15) is 19.3 Å². The number of carbonyl (C=O) groups excluding carboxylic acids is 4. The van der Waals surface area contributed by atoms with Gasteiger partial charge in [0.25, 0.3) is 0 Å². The van der Waals surface area contributed by atoms with Crippen LogP contribution >= 0.6 is 15.6 Å². The fraction of sp³-hybridized carbons (Fsp3) is 0.944. The fourth-order valence-corrected chi connectivity index (χ4v) is 12.4. The Kier molecular flexibility index (Phi) is 60.3. The molecule has 0 aliphatic heterocycles. The number of aliphatic hydroxyl groups is 1. The number of esters is 4. The number of phosphoric acid groups is 2. The first-order valence-electron chi connectivity index (χ1n) is 37.2. The Balaban J connectivity index is 5.23. The van der Waals surface area contributed by atoms with Crippen LogP contribution in [0.5, 0.6) is 0 Å². The van der Waals surface area contributed by atoms with Crippen molar-refractivity contribution in [2.75, 3.05) is 39.6 Å². The number of phosphoric ester groups is 2. The maximum absolute atomic E-state index is 13.0. The maximum atomic E-state index is 13.0. The van der Waals surface area contributed by atoms with E-state index in [1.165, 1.54) is 154 Å². The van der Waals surface area contributed by atoms with Crippen molar-refractivity contribution in [2.24, 2.45) is 23.7 Å². The number of unbranched alkanes of at least 4 members (excludes halogenated alkanes) is 35. The topological polar surface area (TPSA) is 237 Å². The fourth-order valence-electron chi connectivity index (χ4n) is 10.8. The van der Waals surface area contributed by atoms with Crippen molar-refractivity contribution in [3.63, 3.8) is 0 Å². The van der Waals surface area contributed by atoms with E-state index in [-0.39, 0.29) is 25.7 Å². The second kappa shape index (κ2) is 61.6. The Morgan fingerprint density at radius 2 is 0.462 bits per heavy atom. The molecule has 0 amide bonds. The maximum Gasteiger partial charge on any atom is 0.472 e. The molecule has 0 radical (unpaired) electrons. The molecule has 0 aliphatic rings. The van der Waals surface area contributed by atoms with Crippen molar-refractivity contribution in [3.05, 3.63) is 0 Å². The van der Waals surface area contributed by atoms with E-state index >= 15 is 0 Å². The normalized spacial score (nSPS) is 14.2. The van der Waals surface area contributed by atoms with Gasteiger partial charge in [-0.1, -0.05) is 306 Å². The number of hydrogen-bond donors (Lipinski definition) is 3. The van der Waals surface area contributed by atoms with Crippen LogP contribution in [-0.2, 0) is 65.4 Å². The van der Waals surface area contributed by atoms with Gasteiger partial charge in [-0.15, -0.1) is 0 Å². The standard InChI is InChI=1S/C72H140O17P2/c1-62(2)48-40-32-24-17-14-12-10-9-11-13-15-19-29-38-46-54-71(76)88-67(58-82-69(74)52-44-36-28-22-21-26-34-42-50-64(5)6)60-86-90(78,79)84-56-66(73)57-85-91(80,81)87-61-68(59-83-70(75)53-45-37-31-23-27-35-43-51-65(7)8)89-72(77)55-47-39-30-20-16-18-25-33-41-49-63(3)4/h62-68,73H,9-61H2,1-8H3,(H,78,79)(H,80,81)/t66?,67-,68-/m1/s1. The van der Waals surface area contributed by atoms with Gasteiger partial charge in [0.15, 0.2) is 12.2 Å². The molecule has 0 aromatic rings. The molecule has 19 heteroatoms. The number of ether oxygens (including phenoxy) is 4. The molecule has 0 aliphatic carbocycles. The minimum absolute atomic E-state index is 0.104. The largest absolute Gasteiger partial charge is 0.472 e. The van der Waals surface area contributed by atoms with E-state index in [1.807, 2.05) is 0 Å². The molecular weight excluding hydrogens is 1200 g/mol. The van der Waals surface area contributed by atoms with Crippen molar-refractivity contribution in [1.29, 1.82) is 0 Å². The molecular formula is C72H140O17P2. The molecule has 5 atom stereocenters. The van der Waals surface area contributed by atoms with Crippen molar-refractivity contribution < 1.29 is 80.2 Å². The van der Waals surface area contributed by atoms with Crippen LogP contribution in [0, 0.1) is 23.7 Å². The average Bonchev–Trinajstić information content (AvgIpc) is 3.68. The molecule has 0 saturated heterocycles. The highest BCUT2D eigenvalue weighted by atomic mass is 31.2. The quantitative estimate of drug-likeness (QED) is 0.0222. The second-order valence-electron chi connectivity index (χ2n) is 27.9. The molecule has 0 bridgehead atoms. The predicted molar refractivity (Wildman–Crippen MR) is 367 cm³/mol. The van der Waals surface area contributed by atoms with E-state index in [0.717, 1.165) is 114 Å². The summed E-state index contributed by atoms with van der Waals surface area (Å²) in [5, 5.41) is 10.6. The number of rotatable bonds is 69. The van der Waals surface area contributed by atoms with E-state index in [2.05, 4.69) is 55.4 Å². The first kappa shape index (κ1) is 89.1. The summed E-state index contributed by atoms with van der Waals surface area (Å²) in [5.41, 5.74) is 0. The first-order valence-corrected chi connectivity index (χ1v) is 40.2. The summed E-state index contributed by atoms with van der Waals surface area (Å²) in [4.78, 5) is 72.6. The van der Waals surface area contributed by atoms with Crippen molar-refractivity contribution in [3.8, 4) is 0 Å². The lowest BCUT2D eigenvalue weighted by molar-refractivity contribution is -0.161. The molecule has 3 N–H and O–H groups in total. The van der Waals surface area contributed by atoms with Crippen LogP contribution in [0.2, 0.25) is 0 Å². The van der Waals surface area contributed by atoms with E-state index in [4.69, 9.17) is 37.0 Å². The smallest absolute Gasteiger partial charge is 0.462 e. The molecule has 0 spiro atoms. The number of aliphatic hydroxyl groups excluding tert-OH is 1. The van der Waals surface area contributed by atoms with Gasteiger partial charge in [0, 0.05) is 25.7 Å². The van der Waals surface area contributed by atoms with E-state index in [0.29, 0.717) is 31.6 Å². The third kappa shape index (κ3) is 66.5. The lowest BCUT2D eigenvalue weighted by Crippen LogP contribution is -2.30. The summed E-state index contributed by atoms with van der Waals surface area (Å²) >= 11 is 0. The summed E-state index contributed by atoms with van der Waals surface area (Å²) < 4.78 is 68.3. The van der Waals surface area contributed by atoms with Gasteiger partial charge in [0.05, 0.1) is 26.4 Å². The second-order valence-corrected chi connectivity index (χ2v) is 30.8. The SMILES string of the molecule is CC(C)CCCCCCCCCCCCCCCCCC(=O)O[C@H](COC(=O)CCCCCCCCCCC(C)C)COP(=O)(O)OCC(O)COP(=O)(O)OC[C@@H](COC(=O)CCCCCCCCCC(C)C)OC(=O)CCCCCCCCCCCC(C)C. The van der Waals surface area contributed by atoms with Crippen molar-refractivity contribution in [1.82, 2.24) is 0 Å². The van der Waals surface area contributed by atoms with Gasteiger partial charge in [-0.25, -0.2) is 9.13 Å². The van der Waals surface area contributed by atoms with Crippen LogP contribution < -0.4 is 0 Å². The number of carbonyl (C=O) groups is 4. The molecule has 91 heavy (non-hydrogen) atoms. The molecule has 0 fully saturated rings. The Hall–Kier alpha value is -1.94. The molecule has 0 rings (SSSR count). The monoisotopic (exact) mass is 1340 g/mol. The Morgan fingerprint density at radius 1 is 0.275 bits per heavy atom. The van der Waals surface area contributed by atoms with Gasteiger partial charge in [-0.3, -0.25) is 37.3 Å². The molecule has 540 valence electrons. The van der Waals surface area contributed by atoms with Gasteiger partial charge in [0.2, 0.25) is 0 Å². The van der Waals surface area contributed by atoms with E-state index in [9.17, 15) is 43.2 Å². The first-order chi connectivity index (χ1) is 43.6. The van der Waals surface area contributed by atoms with Gasteiger partial charge >= 0.3 is 39.5 Å². The van der Waals surface area contributed by atoms with Gasteiger partial charge < -0.3 is 33.8 Å². The number of hydrogen-bond acceptors (Lipinski definition) is 15. The molecule has 0 saturated carbocycles. The highest BCUT2D eigenvalue weighted by Gasteiger charge is 2.30. The minimum atomic E-state index is -4.95. The highest BCUT2D eigenvalue weighted by Crippen LogP contribution is 2.45. The summed E-state index contributed by atoms with van der Waals surface area (Å²) in [7, 11) is -9.91. The summed E-state index contributed by atoms with van der Waals surface area (Å²) in [5.74, 6) is 0.842. The van der Waals surface area contributed by atoms with Gasteiger partial charge in [-0.2, -0.15) is 0 Å². The molecule has 0 aromatic heterocycles. The third-order valence-corrected chi connectivity index (χ3v) is 18.5. The van der Waals surface area contributed by atoms with Crippen LogP contribution in [0.3, 0.4) is 0 Å². The Labute approximate surface area is 556 Å². The molecule has 0 heterocycles. The van der Waals surface area contributed by atoms with Crippen molar-refractivity contribution in [2.45, 2.75) is 375 Å². The lowest BCUT2D eigenvalue weighted by atomic mass is 10.0. The van der Waals surface area contributed by atoms with Crippen molar-refractivity contribution >= 4 is 39.5 Å². The summed E-state index contributed by atoms with van der Waals surface area (Å²) in [6.07, 6.45) is 44.6. The average molecular weight is 1340 g/mol. The van der Waals surface area contributed by atoms with Crippen LogP contribution in [0.15, 0.2) is 0 Å². The third-order valence-electron chi connectivity index (χ3n) is 16.6. The Morgan fingerprint density at radius 3 is 0.681 bits per heavy atom. The predicted octanol–water partition coefficient (Wildman–Crippen LogP) is 20.5. The zero-order valence-corrected chi connectivity index (χ0v) is 61.3. The van der Waals surface area contributed by atoms with Gasteiger partial charge in [-0.05, 0) is 49.4 Å². The molecule has 3 unspecified atom stereocenters. The minimum Gasteiger partial charge on any atom is -0.462 e. The van der Waals surface area contributed by atoms with Crippen LogP contribution in [0.25, 0.3) is 0 Å². The van der Waals surface area contributed by atoms with Crippen LogP contribution in [-0.4, -0.2) is 96.7 Å². The zero-order chi connectivity index (χ0) is 67.5. The van der Waals surface area contributed by atoms with Crippen LogP contribution in [0.1, 0.15) is 357 Å². The van der Waals surface area contributed by atoms with Crippen LogP contribution in [0.4, 0.5) is 0 Å². The summed E-state index contributed by atoms with van der Waals surface area (Å²) in [6.45, 7) is 14.1. The molecule has 0 aromatic carbocycles. The highest BCUT2D eigenvalue weighted by molar-refractivity contribution is 7.47. The Bertz CT molecular complexity index is 1800. The molecule has 17 nitrogen and oxygen atoms in total. The summed E-state index contributed by atoms with van der Waals surface area (Å²) in [6, 6.07) is 0. The van der Waals surface area contributed by atoms with E-state index in [1.54, 1.807) is 0 Å². The lowest BCUT2D eigenvalue weighted by Gasteiger charge is -2.21.